The van der Waals surface area contributed by atoms with E-state index < -0.39 is 24.3 Å². The van der Waals surface area contributed by atoms with Crippen LogP contribution >= 0.6 is 0 Å². The zero-order valence-electron chi connectivity index (χ0n) is 9.15. The van der Waals surface area contributed by atoms with Gasteiger partial charge in [0.05, 0.1) is 13.0 Å². The highest BCUT2D eigenvalue weighted by Crippen LogP contribution is 2.36. The van der Waals surface area contributed by atoms with Crippen molar-refractivity contribution in [2.24, 2.45) is 5.73 Å². The minimum Gasteiger partial charge on any atom is -0.479 e. The number of nitrogens with zero attached hydrogens (tertiary/aromatic N) is 1. The fraction of sp³-hybridized carbons (Fsp3) is 0.444. The number of rotatable bonds is 2. The Bertz CT molecular complexity index is 402. The summed E-state index contributed by atoms with van der Waals surface area (Å²) >= 11 is 0. The summed E-state index contributed by atoms with van der Waals surface area (Å²) in [5, 5.41) is 24.7. The number of aliphatic carboxylic acids is 1. The van der Waals surface area contributed by atoms with Crippen LogP contribution in [0.15, 0.2) is 11.8 Å². The summed E-state index contributed by atoms with van der Waals surface area (Å²) in [6, 6.07) is -1.06. The van der Waals surface area contributed by atoms with Crippen LogP contribution in [0.25, 0.3) is 0 Å². The van der Waals surface area contributed by atoms with E-state index in [0.29, 0.717) is 0 Å². The second-order valence-electron chi connectivity index (χ2n) is 3.45. The zero-order valence-corrected chi connectivity index (χ0v) is 9.15. The predicted octanol–water partition coefficient (Wildman–Crippen LogP) is -1.47. The van der Waals surface area contributed by atoms with Gasteiger partial charge >= 0.3 is 12.1 Å². The Morgan fingerprint density at radius 2 is 2.06 bits per heavy atom. The molecule has 0 unspecified atom stereocenters. The molecular weight excluding hydrogens is 248 g/mol. The van der Waals surface area contributed by atoms with Gasteiger partial charge in [0, 0.05) is 0 Å². The number of aliphatic hydroxyl groups excluding tert-OH is 1. The standard InChI is InChI=1S/C8H9NO5.CH3NO2/c10-2-1-4-7(8(12)13)9-5(11)3-6(9)14-4;2-1(3)4/h1,6-7,10H,2-3H2,(H,12,13);2H2,(H,3,4)/t6-,7-;/m1./s1. The molecule has 2 heterocycles. The fourth-order valence-electron chi connectivity index (χ4n) is 1.66. The van der Waals surface area contributed by atoms with Gasteiger partial charge in [0.15, 0.2) is 12.3 Å². The number of amides is 2. The maximum atomic E-state index is 11.1. The molecule has 5 N–H and O–H groups in total. The summed E-state index contributed by atoms with van der Waals surface area (Å²) in [6.07, 6.45) is -0.307. The van der Waals surface area contributed by atoms with Gasteiger partial charge in [0.1, 0.15) is 5.76 Å². The maximum Gasteiger partial charge on any atom is 0.402 e. The molecule has 2 aliphatic rings. The van der Waals surface area contributed by atoms with E-state index in [9.17, 15) is 9.59 Å². The molecule has 0 aromatic rings. The molecule has 100 valence electrons. The molecule has 9 heteroatoms. The molecule has 2 saturated heterocycles. The Balaban J connectivity index is 0.000000357. The number of aliphatic hydroxyl groups is 1. The number of carbonyl (C=O) groups is 3. The monoisotopic (exact) mass is 260 g/mol. The Morgan fingerprint density at radius 3 is 2.44 bits per heavy atom. The molecule has 0 spiro atoms. The first-order valence-corrected chi connectivity index (χ1v) is 4.88. The van der Waals surface area contributed by atoms with E-state index in [1.54, 1.807) is 0 Å². The molecule has 2 amide bonds. The third-order valence-electron chi connectivity index (χ3n) is 2.29. The van der Waals surface area contributed by atoms with Crippen LogP contribution in [0.1, 0.15) is 6.42 Å². The lowest BCUT2D eigenvalue weighted by Gasteiger charge is -2.33. The summed E-state index contributed by atoms with van der Waals surface area (Å²) in [5.41, 5.74) is 4.03. The van der Waals surface area contributed by atoms with Crippen LogP contribution in [0.3, 0.4) is 0 Å². The van der Waals surface area contributed by atoms with Gasteiger partial charge in [-0.1, -0.05) is 0 Å². The topological polar surface area (TPSA) is 150 Å². The van der Waals surface area contributed by atoms with Crippen LogP contribution in [0, 0.1) is 0 Å². The van der Waals surface area contributed by atoms with Crippen molar-refractivity contribution in [1.82, 2.24) is 4.90 Å². The molecular formula is C9H12N2O7. The minimum absolute atomic E-state index is 0.149. The second-order valence-corrected chi connectivity index (χ2v) is 3.45. The lowest BCUT2D eigenvalue weighted by atomic mass is 10.1. The second kappa shape index (κ2) is 5.36. The van der Waals surface area contributed by atoms with E-state index in [2.05, 4.69) is 5.73 Å². The molecule has 0 aromatic carbocycles. The third kappa shape index (κ3) is 2.69. The number of carbonyl (C=O) groups excluding carboxylic acids is 1. The average molecular weight is 260 g/mol. The number of hydrogen-bond acceptors (Lipinski definition) is 5. The van der Waals surface area contributed by atoms with Gasteiger partial charge in [-0.15, -0.1) is 0 Å². The molecule has 0 radical (unpaired) electrons. The first-order valence-electron chi connectivity index (χ1n) is 4.88. The van der Waals surface area contributed by atoms with Crippen molar-refractivity contribution >= 4 is 18.0 Å². The summed E-state index contributed by atoms with van der Waals surface area (Å²) in [5.74, 6) is -1.22. The summed E-state index contributed by atoms with van der Waals surface area (Å²) in [6.45, 7) is -0.298. The SMILES string of the molecule is NC(=O)O.O=C(O)[C@H]1C(=CCO)O[C@@H]2CC(=O)N12. The van der Waals surface area contributed by atoms with E-state index in [1.165, 1.54) is 11.0 Å². The molecule has 2 aliphatic heterocycles. The maximum absolute atomic E-state index is 11.1. The molecule has 18 heavy (non-hydrogen) atoms. The smallest absolute Gasteiger partial charge is 0.402 e. The first kappa shape index (κ1) is 13.8. The van der Waals surface area contributed by atoms with Crippen LogP contribution in [-0.4, -0.2) is 57.1 Å². The Hall–Kier alpha value is -2.29. The van der Waals surface area contributed by atoms with Crippen LogP contribution in [0.2, 0.25) is 0 Å². The Kier molecular flexibility index (Phi) is 4.10. The highest BCUT2D eigenvalue weighted by molar-refractivity contribution is 5.91. The Morgan fingerprint density at radius 1 is 1.50 bits per heavy atom. The quantitative estimate of drug-likeness (QED) is 0.442. The fourth-order valence-corrected chi connectivity index (χ4v) is 1.66. The van der Waals surface area contributed by atoms with E-state index in [0.717, 1.165) is 0 Å². The van der Waals surface area contributed by atoms with E-state index in [4.69, 9.17) is 24.9 Å². The van der Waals surface area contributed by atoms with E-state index in [-0.39, 0.29) is 24.7 Å². The van der Waals surface area contributed by atoms with Crippen molar-refractivity contribution in [3.63, 3.8) is 0 Å². The van der Waals surface area contributed by atoms with Crippen LogP contribution in [0.4, 0.5) is 4.79 Å². The van der Waals surface area contributed by atoms with Gasteiger partial charge in [-0.25, -0.2) is 9.59 Å². The van der Waals surface area contributed by atoms with E-state index >= 15 is 0 Å². The normalized spacial score (nSPS) is 26.6. The van der Waals surface area contributed by atoms with Crippen molar-refractivity contribution in [3.8, 4) is 0 Å². The number of nitrogens with two attached hydrogens (primary N) is 1. The van der Waals surface area contributed by atoms with Crippen LogP contribution in [-0.2, 0) is 14.3 Å². The zero-order chi connectivity index (χ0) is 13.9. The number of carboxylic acid groups (broad SMARTS) is 2. The van der Waals surface area contributed by atoms with Crippen molar-refractivity contribution in [2.45, 2.75) is 18.7 Å². The molecule has 2 rings (SSSR count). The number of hydrogen-bond donors (Lipinski definition) is 4. The number of ether oxygens (including phenoxy) is 1. The van der Waals surface area contributed by atoms with E-state index in [1.807, 2.05) is 0 Å². The lowest BCUT2D eigenvalue weighted by molar-refractivity contribution is -0.163. The first-order chi connectivity index (χ1) is 8.38. The largest absolute Gasteiger partial charge is 0.479 e. The Labute approximate surface area is 101 Å². The third-order valence-corrected chi connectivity index (χ3v) is 2.29. The number of primary amides is 1. The summed E-state index contributed by atoms with van der Waals surface area (Å²) in [4.78, 5) is 31.8. The lowest BCUT2D eigenvalue weighted by Crippen LogP contribution is -2.54. The number of carboxylic acids is 1. The average Bonchev–Trinajstić information content (AvgIpc) is 2.51. The van der Waals surface area contributed by atoms with Gasteiger partial charge in [-0.2, -0.15) is 0 Å². The van der Waals surface area contributed by atoms with Crippen molar-refractivity contribution in [3.05, 3.63) is 11.8 Å². The summed E-state index contributed by atoms with van der Waals surface area (Å²) < 4.78 is 5.17. The number of fused-ring (bicyclic) bond motifs is 1. The van der Waals surface area contributed by atoms with Crippen molar-refractivity contribution < 1.29 is 34.4 Å². The molecule has 9 nitrogen and oxygen atoms in total. The predicted molar refractivity (Wildman–Crippen MR) is 55.1 cm³/mol. The van der Waals surface area contributed by atoms with Crippen LogP contribution in [0.5, 0.6) is 0 Å². The minimum atomic E-state index is -1.33. The van der Waals surface area contributed by atoms with Gasteiger partial charge in [-0.3, -0.25) is 9.69 Å². The molecule has 2 fully saturated rings. The molecule has 0 bridgehead atoms. The van der Waals surface area contributed by atoms with Gasteiger partial charge < -0.3 is 25.8 Å². The summed E-state index contributed by atoms with van der Waals surface area (Å²) in [7, 11) is 0. The van der Waals surface area contributed by atoms with Gasteiger partial charge in [0.25, 0.3) is 0 Å². The molecule has 0 saturated carbocycles. The van der Waals surface area contributed by atoms with Gasteiger partial charge in [0.2, 0.25) is 5.91 Å². The van der Waals surface area contributed by atoms with Crippen LogP contribution < -0.4 is 5.73 Å². The van der Waals surface area contributed by atoms with Crippen molar-refractivity contribution in [1.29, 1.82) is 0 Å². The molecule has 2 atom stereocenters. The van der Waals surface area contributed by atoms with Crippen molar-refractivity contribution in [2.75, 3.05) is 6.61 Å². The number of β-lactam (4-membered cyclic amide) rings is 1. The molecule has 0 aromatic heterocycles. The molecule has 0 aliphatic carbocycles. The highest BCUT2D eigenvalue weighted by Gasteiger charge is 2.53. The van der Waals surface area contributed by atoms with Gasteiger partial charge in [-0.05, 0) is 6.08 Å². The highest BCUT2D eigenvalue weighted by atomic mass is 16.5.